The van der Waals surface area contributed by atoms with E-state index in [1.165, 1.54) is 12.1 Å². The summed E-state index contributed by atoms with van der Waals surface area (Å²) in [6.45, 7) is 6.05. The molecule has 0 saturated carbocycles. The summed E-state index contributed by atoms with van der Waals surface area (Å²) in [4.78, 5) is 20.6. The Kier molecular flexibility index (Phi) is 4.77. The molecule has 8 heteroatoms. The molecule has 24 heavy (non-hydrogen) atoms. The summed E-state index contributed by atoms with van der Waals surface area (Å²) in [6, 6.07) is 3.42. The maximum atomic E-state index is 11.1. The highest BCUT2D eigenvalue weighted by molar-refractivity contribution is 6.01. The van der Waals surface area contributed by atoms with Crippen LogP contribution < -0.4 is 5.43 Å². The van der Waals surface area contributed by atoms with E-state index in [4.69, 9.17) is 0 Å². The summed E-state index contributed by atoms with van der Waals surface area (Å²) in [5.41, 5.74) is 3.71. The van der Waals surface area contributed by atoms with Crippen molar-refractivity contribution in [2.75, 3.05) is 5.43 Å². The van der Waals surface area contributed by atoms with Crippen LogP contribution in [0.25, 0.3) is 0 Å². The van der Waals surface area contributed by atoms with Crippen LogP contribution in [0.5, 0.6) is 0 Å². The third kappa shape index (κ3) is 4.03. The molecule has 0 spiro atoms. The molecule has 1 aliphatic carbocycles. The van der Waals surface area contributed by atoms with Gasteiger partial charge < -0.3 is 0 Å². The lowest BCUT2D eigenvalue weighted by Gasteiger charge is -2.19. The Morgan fingerprint density at radius 3 is 2.54 bits per heavy atom. The number of nitro groups is 2. The highest BCUT2D eigenvalue weighted by Crippen LogP contribution is 2.30. The Morgan fingerprint density at radius 2 is 1.92 bits per heavy atom. The lowest BCUT2D eigenvalue weighted by atomic mass is 9.87. The second kappa shape index (κ2) is 6.61. The molecule has 1 aliphatic rings. The molecule has 8 nitrogen and oxygen atoms in total. The van der Waals surface area contributed by atoms with Crippen LogP contribution in [0.3, 0.4) is 0 Å². The number of nitro benzene ring substituents is 2. The van der Waals surface area contributed by atoms with E-state index in [-0.39, 0.29) is 22.5 Å². The molecular weight excluding hydrogens is 312 g/mol. The molecule has 1 N–H and O–H groups in total. The second-order valence-electron chi connectivity index (χ2n) is 6.26. The standard InChI is InChI=1S/C16H18N4O4/c1-11-5-4-8-16(2,3)10-14(11)18-17-13-7-6-12(19(21)22)9-15(13)20(23)24/h4-9,17H,10H2,1-3H3/b18-14-. The van der Waals surface area contributed by atoms with Gasteiger partial charge in [0.2, 0.25) is 0 Å². The Morgan fingerprint density at radius 1 is 1.21 bits per heavy atom. The van der Waals surface area contributed by atoms with E-state index >= 15 is 0 Å². The third-order valence-corrected chi connectivity index (χ3v) is 3.67. The Balaban J connectivity index is 2.34. The zero-order chi connectivity index (χ0) is 17.9. The Bertz CT molecular complexity index is 778. The average molecular weight is 330 g/mol. The van der Waals surface area contributed by atoms with Crippen LogP contribution in [0.2, 0.25) is 0 Å². The summed E-state index contributed by atoms with van der Waals surface area (Å²) in [6.07, 6.45) is 6.64. The minimum Gasteiger partial charge on any atom is -0.271 e. The fraction of sp³-hybridized carbons (Fsp3) is 0.312. The van der Waals surface area contributed by atoms with Gasteiger partial charge in [-0.05, 0) is 24.0 Å². The molecule has 0 aromatic heterocycles. The van der Waals surface area contributed by atoms with E-state index in [2.05, 4.69) is 30.5 Å². The third-order valence-electron chi connectivity index (χ3n) is 3.67. The van der Waals surface area contributed by atoms with Crippen molar-refractivity contribution in [1.82, 2.24) is 0 Å². The zero-order valence-electron chi connectivity index (χ0n) is 13.6. The van der Waals surface area contributed by atoms with Crippen LogP contribution >= 0.6 is 0 Å². The van der Waals surface area contributed by atoms with Gasteiger partial charge in [-0.15, -0.1) is 0 Å². The number of allylic oxidation sites excluding steroid dienone is 4. The van der Waals surface area contributed by atoms with Gasteiger partial charge in [0.15, 0.2) is 0 Å². The van der Waals surface area contributed by atoms with Crippen molar-refractivity contribution in [3.8, 4) is 0 Å². The first kappa shape index (κ1) is 17.3. The number of hydrazone groups is 1. The molecule has 0 aliphatic heterocycles. The topological polar surface area (TPSA) is 111 Å². The van der Waals surface area contributed by atoms with E-state index in [1.54, 1.807) is 0 Å². The highest BCUT2D eigenvalue weighted by atomic mass is 16.6. The quantitative estimate of drug-likeness (QED) is 0.657. The fourth-order valence-electron chi connectivity index (χ4n) is 2.31. The summed E-state index contributed by atoms with van der Waals surface area (Å²) in [7, 11) is 0. The van der Waals surface area contributed by atoms with Gasteiger partial charge in [0.1, 0.15) is 5.69 Å². The molecule has 0 radical (unpaired) electrons. The molecule has 1 aromatic rings. The van der Waals surface area contributed by atoms with Crippen molar-refractivity contribution in [1.29, 1.82) is 0 Å². The van der Waals surface area contributed by atoms with Crippen molar-refractivity contribution < 1.29 is 9.85 Å². The molecule has 126 valence electrons. The van der Waals surface area contributed by atoms with Gasteiger partial charge >= 0.3 is 5.69 Å². The largest absolute Gasteiger partial charge is 0.301 e. The molecule has 0 unspecified atom stereocenters. The van der Waals surface area contributed by atoms with Gasteiger partial charge in [-0.2, -0.15) is 5.10 Å². The summed E-state index contributed by atoms with van der Waals surface area (Å²) >= 11 is 0. The number of anilines is 1. The number of benzene rings is 1. The average Bonchev–Trinajstić information content (AvgIpc) is 2.62. The zero-order valence-corrected chi connectivity index (χ0v) is 13.6. The number of nitrogens with one attached hydrogen (secondary N) is 1. The van der Waals surface area contributed by atoms with Crippen molar-refractivity contribution >= 4 is 22.8 Å². The molecule has 2 rings (SSSR count). The van der Waals surface area contributed by atoms with Crippen LogP contribution in [0.15, 0.2) is 47.1 Å². The first-order valence-corrected chi connectivity index (χ1v) is 7.31. The predicted molar refractivity (Wildman–Crippen MR) is 92.1 cm³/mol. The molecule has 0 bridgehead atoms. The molecule has 0 atom stereocenters. The summed E-state index contributed by atoms with van der Waals surface area (Å²) < 4.78 is 0. The molecule has 0 heterocycles. The number of nitrogens with zero attached hydrogens (tertiary/aromatic N) is 3. The van der Waals surface area contributed by atoms with E-state index in [1.807, 2.05) is 19.1 Å². The first-order valence-electron chi connectivity index (χ1n) is 7.31. The van der Waals surface area contributed by atoms with Crippen LogP contribution in [-0.2, 0) is 0 Å². The van der Waals surface area contributed by atoms with Gasteiger partial charge in [0, 0.05) is 12.5 Å². The van der Waals surface area contributed by atoms with Gasteiger partial charge in [-0.3, -0.25) is 25.7 Å². The number of hydrogen-bond acceptors (Lipinski definition) is 6. The van der Waals surface area contributed by atoms with E-state index in [0.29, 0.717) is 6.42 Å². The number of hydrogen-bond donors (Lipinski definition) is 1. The lowest BCUT2D eigenvalue weighted by molar-refractivity contribution is -0.393. The van der Waals surface area contributed by atoms with E-state index < -0.39 is 9.85 Å². The van der Waals surface area contributed by atoms with E-state index in [9.17, 15) is 20.2 Å². The lowest BCUT2D eigenvalue weighted by Crippen LogP contribution is -2.15. The maximum Gasteiger partial charge on any atom is 0.301 e. The van der Waals surface area contributed by atoms with Crippen molar-refractivity contribution in [3.05, 3.63) is 62.2 Å². The fourth-order valence-corrected chi connectivity index (χ4v) is 2.31. The van der Waals surface area contributed by atoms with Gasteiger partial charge in [-0.25, -0.2) is 0 Å². The predicted octanol–water partition coefficient (Wildman–Crippen LogP) is 4.20. The van der Waals surface area contributed by atoms with Crippen molar-refractivity contribution in [2.24, 2.45) is 10.5 Å². The van der Waals surface area contributed by atoms with Gasteiger partial charge in [0.25, 0.3) is 5.69 Å². The number of non-ortho nitro benzene ring substituents is 1. The number of rotatable bonds is 4. The Labute approximate surface area is 138 Å². The molecule has 1 aromatic carbocycles. The minimum atomic E-state index is -0.672. The van der Waals surface area contributed by atoms with Crippen LogP contribution in [0.1, 0.15) is 27.2 Å². The molecule has 0 saturated heterocycles. The highest BCUT2D eigenvalue weighted by Gasteiger charge is 2.22. The first-order chi connectivity index (χ1) is 11.2. The van der Waals surface area contributed by atoms with Crippen molar-refractivity contribution in [3.63, 3.8) is 0 Å². The van der Waals surface area contributed by atoms with Crippen LogP contribution in [0, 0.1) is 25.6 Å². The smallest absolute Gasteiger partial charge is 0.271 e. The van der Waals surface area contributed by atoms with Crippen LogP contribution in [0.4, 0.5) is 17.1 Å². The SMILES string of the molecule is CC1=CC=CC(C)(C)C/C1=N/Nc1ccc([N+](=O)[O-])cc1[N+](=O)[O-]. The van der Waals surface area contributed by atoms with Crippen LogP contribution in [-0.4, -0.2) is 15.6 Å². The van der Waals surface area contributed by atoms with Gasteiger partial charge in [0.05, 0.1) is 21.6 Å². The normalized spacial score (nSPS) is 18.0. The second-order valence-corrected chi connectivity index (χ2v) is 6.26. The molecule has 0 amide bonds. The molecule has 0 fully saturated rings. The van der Waals surface area contributed by atoms with E-state index in [0.717, 1.165) is 17.4 Å². The maximum absolute atomic E-state index is 11.1. The Hall–Kier alpha value is -3.03. The molecular formula is C16H18N4O4. The van der Waals surface area contributed by atoms with Crippen molar-refractivity contribution in [2.45, 2.75) is 27.2 Å². The minimum absolute atomic E-state index is 0.0871. The monoisotopic (exact) mass is 330 g/mol. The van der Waals surface area contributed by atoms with Gasteiger partial charge in [-0.1, -0.05) is 32.1 Å². The summed E-state index contributed by atoms with van der Waals surface area (Å²) in [5.74, 6) is 0. The summed E-state index contributed by atoms with van der Waals surface area (Å²) in [5, 5.41) is 26.2.